The third kappa shape index (κ3) is 6.20. The normalized spacial score (nSPS) is 20.6. The minimum absolute atomic E-state index is 0.0608. The van der Waals surface area contributed by atoms with E-state index in [9.17, 15) is 4.79 Å². The zero-order chi connectivity index (χ0) is 18.9. The van der Waals surface area contributed by atoms with Crippen molar-refractivity contribution in [2.24, 2.45) is 11.8 Å². The maximum Gasteiger partial charge on any atom is 0.251 e. The minimum Gasteiger partial charge on any atom is -0.490 e. The van der Waals surface area contributed by atoms with E-state index in [1.807, 2.05) is 13.8 Å². The predicted molar refractivity (Wildman–Crippen MR) is 105 cm³/mol. The number of amides is 1. The maximum atomic E-state index is 12.4. The Labute approximate surface area is 158 Å². The first-order valence-corrected chi connectivity index (χ1v) is 9.93. The van der Waals surface area contributed by atoms with Crippen molar-refractivity contribution in [1.29, 1.82) is 0 Å². The number of nitrogens with one attached hydrogen (secondary N) is 1. The van der Waals surface area contributed by atoms with Crippen LogP contribution in [0.5, 0.6) is 11.5 Å². The van der Waals surface area contributed by atoms with Crippen molar-refractivity contribution >= 4 is 5.91 Å². The number of piperidine rings is 1. The summed E-state index contributed by atoms with van der Waals surface area (Å²) in [6, 6.07) is 5.36. The second-order valence-corrected chi connectivity index (χ2v) is 7.34. The third-order valence-corrected chi connectivity index (χ3v) is 4.69. The highest BCUT2D eigenvalue weighted by Gasteiger charge is 2.21. The fourth-order valence-corrected chi connectivity index (χ4v) is 3.77. The molecule has 0 saturated carbocycles. The fraction of sp³-hybridized carbons (Fsp3) is 0.667. The second-order valence-electron chi connectivity index (χ2n) is 7.34. The molecule has 146 valence electrons. The number of carbonyl (C=O) groups is 1. The molecule has 0 aromatic heterocycles. The van der Waals surface area contributed by atoms with Crippen LogP contribution in [0, 0.1) is 11.8 Å². The topological polar surface area (TPSA) is 50.8 Å². The molecule has 0 radical (unpaired) electrons. The van der Waals surface area contributed by atoms with Crippen LogP contribution in [0.4, 0.5) is 0 Å². The maximum absolute atomic E-state index is 12.4. The van der Waals surface area contributed by atoms with Gasteiger partial charge in [0.1, 0.15) is 0 Å². The van der Waals surface area contributed by atoms with Gasteiger partial charge in [-0.3, -0.25) is 4.79 Å². The van der Waals surface area contributed by atoms with Crippen molar-refractivity contribution in [1.82, 2.24) is 10.2 Å². The monoisotopic (exact) mass is 362 g/mol. The van der Waals surface area contributed by atoms with E-state index in [2.05, 4.69) is 24.1 Å². The molecule has 5 nitrogen and oxygen atoms in total. The SMILES string of the molecule is CCOc1ccc(C(=O)NCCCN2CC(C)CC(C)C2)cc1OCC. The van der Waals surface area contributed by atoms with Crippen molar-refractivity contribution < 1.29 is 14.3 Å². The zero-order valence-corrected chi connectivity index (χ0v) is 16.7. The summed E-state index contributed by atoms with van der Waals surface area (Å²) >= 11 is 0. The average molecular weight is 363 g/mol. The van der Waals surface area contributed by atoms with E-state index in [-0.39, 0.29) is 5.91 Å². The quantitative estimate of drug-likeness (QED) is 0.682. The number of rotatable bonds is 9. The largest absolute Gasteiger partial charge is 0.490 e. The van der Waals surface area contributed by atoms with Gasteiger partial charge in [0, 0.05) is 25.2 Å². The van der Waals surface area contributed by atoms with Crippen molar-refractivity contribution in [2.45, 2.75) is 40.5 Å². The highest BCUT2D eigenvalue weighted by molar-refractivity contribution is 5.94. The van der Waals surface area contributed by atoms with Crippen molar-refractivity contribution in [3.05, 3.63) is 23.8 Å². The molecule has 2 atom stereocenters. The lowest BCUT2D eigenvalue weighted by Gasteiger charge is -2.34. The fourth-order valence-electron chi connectivity index (χ4n) is 3.77. The molecule has 1 amide bonds. The molecule has 0 spiro atoms. The van der Waals surface area contributed by atoms with Gasteiger partial charge in [0.05, 0.1) is 13.2 Å². The van der Waals surface area contributed by atoms with Crippen LogP contribution >= 0.6 is 0 Å². The Bertz CT molecular complexity index is 566. The molecule has 1 aliphatic heterocycles. The lowest BCUT2D eigenvalue weighted by Crippen LogP contribution is -2.40. The molecule has 2 unspecified atom stereocenters. The highest BCUT2D eigenvalue weighted by Crippen LogP contribution is 2.28. The van der Waals surface area contributed by atoms with Gasteiger partial charge < -0.3 is 19.7 Å². The van der Waals surface area contributed by atoms with E-state index in [0.717, 1.165) is 24.8 Å². The Kier molecular flexibility index (Phi) is 8.23. The van der Waals surface area contributed by atoms with Crippen LogP contribution in [0.25, 0.3) is 0 Å². The first-order chi connectivity index (χ1) is 12.5. The van der Waals surface area contributed by atoms with E-state index in [1.54, 1.807) is 18.2 Å². The molecule has 1 saturated heterocycles. The van der Waals surface area contributed by atoms with Crippen LogP contribution in [0.3, 0.4) is 0 Å². The van der Waals surface area contributed by atoms with Gasteiger partial charge in [0.15, 0.2) is 11.5 Å². The molecule has 1 fully saturated rings. The van der Waals surface area contributed by atoms with E-state index in [1.165, 1.54) is 19.5 Å². The standard InChI is InChI=1S/C21H34N2O3/c1-5-25-19-9-8-18(13-20(19)26-6-2)21(24)22-10-7-11-23-14-16(3)12-17(4)15-23/h8-9,13,16-17H,5-7,10-12,14-15H2,1-4H3,(H,22,24). The molecule has 0 aliphatic carbocycles. The summed E-state index contributed by atoms with van der Waals surface area (Å²) in [5.41, 5.74) is 0.608. The molecule has 5 heteroatoms. The van der Waals surface area contributed by atoms with Gasteiger partial charge in [-0.15, -0.1) is 0 Å². The minimum atomic E-state index is -0.0608. The van der Waals surface area contributed by atoms with E-state index >= 15 is 0 Å². The molecule has 1 heterocycles. The summed E-state index contributed by atoms with van der Waals surface area (Å²) < 4.78 is 11.1. The molecule has 2 rings (SSSR count). The average Bonchev–Trinajstić information content (AvgIpc) is 2.59. The Hall–Kier alpha value is -1.75. The summed E-state index contributed by atoms with van der Waals surface area (Å²) in [6.07, 6.45) is 2.30. The highest BCUT2D eigenvalue weighted by atomic mass is 16.5. The first kappa shape index (κ1) is 20.6. The van der Waals surface area contributed by atoms with Crippen LogP contribution in [0.15, 0.2) is 18.2 Å². The summed E-state index contributed by atoms with van der Waals surface area (Å²) in [5.74, 6) is 2.79. The zero-order valence-electron chi connectivity index (χ0n) is 16.7. The van der Waals surface area contributed by atoms with Crippen LogP contribution < -0.4 is 14.8 Å². The molecule has 26 heavy (non-hydrogen) atoms. The van der Waals surface area contributed by atoms with Gasteiger partial charge in [-0.05, 0) is 63.3 Å². The number of hydrogen-bond acceptors (Lipinski definition) is 4. The lowest BCUT2D eigenvalue weighted by atomic mass is 9.92. The smallest absolute Gasteiger partial charge is 0.251 e. The molecule has 0 bridgehead atoms. The Morgan fingerprint density at radius 2 is 1.77 bits per heavy atom. The Balaban J connectivity index is 1.81. The van der Waals surface area contributed by atoms with Gasteiger partial charge in [-0.25, -0.2) is 0 Å². The van der Waals surface area contributed by atoms with Crippen molar-refractivity contribution in [2.75, 3.05) is 39.4 Å². The van der Waals surface area contributed by atoms with E-state index < -0.39 is 0 Å². The number of likely N-dealkylation sites (tertiary alicyclic amines) is 1. The summed E-state index contributed by atoms with van der Waals surface area (Å²) in [7, 11) is 0. The van der Waals surface area contributed by atoms with Gasteiger partial charge in [0.2, 0.25) is 0 Å². The van der Waals surface area contributed by atoms with E-state index in [0.29, 0.717) is 36.8 Å². The van der Waals surface area contributed by atoms with Crippen LogP contribution in [0.2, 0.25) is 0 Å². The van der Waals surface area contributed by atoms with Crippen LogP contribution in [-0.2, 0) is 0 Å². The molecule has 1 aromatic carbocycles. The van der Waals surface area contributed by atoms with Crippen molar-refractivity contribution in [3.8, 4) is 11.5 Å². The molecule has 1 N–H and O–H groups in total. The Morgan fingerprint density at radius 1 is 1.12 bits per heavy atom. The number of carbonyl (C=O) groups excluding carboxylic acids is 1. The van der Waals surface area contributed by atoms with Gasteiger partial charge in [0.25, 0.3) is 5.91 Å². The van der Waals surface area contributed by atoms with E-state index in [4.69, 9.17) is 9.47 Å². The first-order valence-electron chi connectivity index (χ1n) is 9.93. The lowest BCUT2D eigenvalue weighted by molar-refractivity contribution is 0.0946. The number of ether oxygens (including phenoxy) is 2. The summed E-state index contributed by atoms with van der Waals surface area (Å²) in [4.78, 5) is 14.9. The number of benzene rings is 1. The van der Waals surface area contributed by atoms with Gasteiger partial charge >= 0.3 is 0 Å². The van der Waals surface area contributed by atoms with Gasteiger partial charge in [-0.2, -0.15) is 0 Å². The number of hydrogen-bond donors (Lipinski definition) is 1. The number of nitrogens with zero attached hydrogens (tertiary/aromatic N) is 1. The molecule has 1 aliphatic rings. The van der Waals surface area contributed by atoms with Crippen LogP contribution in [0.1, 0.15) is 50.9 Å². The predicted octanol–water partition coefficient (Wildman–Crippen LogP) is 3.58. The molecule has 1 aromatic rings. The molecular weight excluding hydrogens is 328 g/mol. The summed E-state index contributed by atoms with van der Waals surface area (Å²) in [6.45, 7) is 13.7. The molecular formula is C21H34N2O3. The second kappa shape index (κ2) is 10.4. The third-order valence-electron chi connectivity index (χ3n) is 4.69. The van der Waals surface area contributed by atoms with Crippen LogP contribution in [-0.4, -0.2) is 50.2 Å². The summed E-state index contributed by atoms with van der Waals surface area (Å²) in [5, 5.41) is 3.02. The van der Waals surface area contributed by atoms with Gasteiger partial charge in [-0.1, -0.05) is 13.8 Å². The Morgan fingerprint density at radius 3 is 2.42 bits per heavy atom. The van der Waals surface area contributed by atoms with Crippen molar-refractivity contribution in [3.63, 3.8) is 0 Å².